The van der Waals surface area contributed by atoms with Gasteiger partial charge in [-0.25, -0.2) is 0 Å². The van der Waals surface area contributed by atoms with E-state index in [4.69, 9.17) is 11.1 Å². The predicted molar refractivity (Wildman–Crippen MR) is 118 cm³/mol. The Kier molecular flexibility index (Phi) is 5.75. The van der Waals surface area contributed by atoms with Gasteiger partial charge in [0.05, 0.1) is 11.4 Å². The normalized spacial score (nSPS) is 19.1. The molecule has 1 aromatic carbocycles. The molecule has 1 aromatic heterocycles. The average molecular weight is 394 g/mol. The van der Waals surface area contributed by atoms with Crippen LogP contribution < -0.4 is 11.1 Å². The molecule has 5 N–H and O–H groups in total. The van der Waals surface area contributed by atoms with Crippen LogP contribution in [-0.4, -0.2) is 32.6 Å². The molecule has 1 fully saturated rings. The molecule has 0 radical (unpaired) electrons. The average Bonchev–Trinajstić information content (AvgIpc) is 2.61. The Morgan fingerprint density at radius 3 is 2.38 bits per heavy atom. The molecule has 0 aliphatic carbocycles. The monoisotopic (exact) mass is 393 g/mol. The quantitative estimate of drug-likeness (QED) is 0.576. The maximum absolute atomic E-state index is 10.4. The number of rotatable bonds is 5. The minimum absolute atomic E-state index is 0.0904. The zero-order valence-electron chi connectivity index (χ0n) is 17.7. The number of nitrogens with one attached hydrogen (secondary N) is 2. The second kappa shape index (κ2) is 7.95. The van der Waals surface area contributed by atoms with Gasteiger partial charge in [-0.05, 0) is 82.7 Å². The van der Waals surface area contributed by atoms with Crippen molar-refractivity contribution in [2.45, 2.75) is 58.0 Å². The van der Waals surface area contributed by atoms with Gasteiger partial charge in [0.2, 0.25) is 0 Å². The number of hydrogen-bond acceptors (Lipinski definition) is 6. The highest BCUT2D eigenvalue weighted by Gasteiger charge is 2.37. The van der Waals surface area contributed by atoms with Crippen LogP contribution in [0.2, 0.25) is 0 Å². The molecule has 154 valence electrons. The Morgan fingerprint density at radius 1 is 1.17 bits per heavy atom. The van der Waals surface area contributed by atoms with Gasteiger partial charge in [0.1, 0.15) is 5.75 Å². The third-order valence-electron chi connectivity index (χ3n) is 5.43. The van der Waals surface area contributed by atoms with Crippen molar-refractivity contribution < 1.29 is 5.11 Å². The summed E-state index contributed by atoms with van der Waals surface area (Å²) in [5.41, 5.74) is 9.18. The van der Waals surface area contributed by atoms with Crippen molar-refractivity contribution in [3.8, 4) is 17.0 Å². The van der Waals surface area contributed by atoms with Gasteiger partial charge < -0.3 is 21.6 Å². The van der Waals surface area contributed by atoms with Crippen LogP contribution in [0.25, 0.3) is 16.8 Å². The molecule has 1 aliphatic heterocycles. The summed E-state index contributed by atoms with van der Waals surface area (Å²) in [6.07, 6.45) is 5.61. The summed E-state index contributed by atoms with van der Waals surface area (Å²) in [6, 6.07) is 9.09. The standard InChI is InChI=1S/C23H31N5O/c1-22(2)11-15(12-23(3,4)28-22)9-18-6-8-20(27-26-18)19-7-5-16(10-21(19)29)17(13-24)14-25/h5-8,10,13-15,24,28-29H,9,11-12,25H2,1-4H3/b17-14+,24-13?. The number of aromatic hydroxyl groups is 1. The molecule has 0 amide bonds. The molecule has 1 saturated heterocycles. The first-order valence-electron chi connectivity index (χ1n) is 10.0. The largest absolute Gasteiger partial charge is 0.507 e. The SMILES string of the molecule is CC1(C)CC(Cc2ccc(-c3ccc(/C(C=N)=C/N)cc3O)nn2)CC(C)(C)N1. The molecule has 0 atom stereocenters. The maximum atomic E-state index is 10.4. The fourth-order valence-electron chi connectivity index (χ4n) is 4.74. The first-order valence-corrected chi connectivity index (χ1v) is 10.0. The summed E-state index contributed by atoms with van der Waals surface area (Å²) < 4.78 is 0. The second-order valence-corrected chi connectivity index (χ2v) is 9.28. The number of piperidine rings is 1. The first kappa shape index (κ1) is 21.0. The van der Waals surface area contributed by atoms with Crippen LogP contribution >= 0.6 is 0 Å². The molecule has 2 aromatic rings. The lowest BCUT2D eigenvalue weighted by Crippen LogP contribution is -2.58. The summed E-state index contributed by atoms with van der Waals surface area (Å²) in [5, 5.41) is 30.3. The number of phenols is 1. The third kappa shape index (κ3) is 5.01. The second-order valence-electron chi connectivity index (χ2n) is 9.28. The van der Waals surface area contributed by atoms with Crippen molar-refractivity contribution >= 4 is 11.8 Å². The lowest BCUT2D eigenvalue weighted by molar-refractivity contribution is 0.128. The van der Waals surface area contributed by atoms with Crippen molar-refractivity contribution in [2.75, 3.05) is 0 Å². The smallest absolute Gasteiger partial charge is 0.125 e. The van der Waals surface area contributed by atoms with Gasteiger partial charge in [-0.3, -0.25) is 0 Å². The van der Waals surface area contributed by atoms with Crippen LogP contribution in [0.1, 0.15) is 51.8 Å². The molecule has 0 spiro atoms. The molecule has 6 heteroatoms. The lowest BCUT2D eigenvalue weighted by atomic mass is 9.74. The van der Waals surface area contributed by atoms with E-state index in [-0.39, 0.29) is 16.8 Å². The Balaban J connectivity index is 1.76. The van der Waals surface area contributed by atoms with Crippen LogP contribution in [0.4, 0.5) is 0 Å². The van der Waals surface area contributed by atoms with Gasteiger partial charge in [-0.15, -0.1) is 0 Å². The zero-order chi connectivity index (χ0) is 21.2. The summed E-state index contributed by atoms with van der Waals surface area (Å²) in [5.74, 6) is 0.643. The van der Waals surface area contributed by atoms with Gasteiger partial charge in [0, 0.05) is 34.6 Å². The molecule has 1 aliphatic rings. The van der Waals surface area contributed by atoms with Crippen LogP contribution in [0.15, 0.2) is 36.5 Å². The Hall–Kier alpha value is -2.73. The van der Waals surface area contributed by atoms with Gasteiger partial charge in [-0.1, -0.05) is 6.07 Å². The van der Waals surface area contributed by atoms with Crippen LogP contribution in [0, 0.1) is 11.3 Å². The van der Waals surface area contributed by atoms with E-state index in [1.54, 1.807) is 12.1 Å². The van der Waals surface area contributed by atoms with E-state index in [1.165, 1.54) is 6.20 Å². The van der Waals surface area contributed by atoms with E-state index in [0.717, 1.165) is 31.2 Å². The molecular weight excluding hydrogens is 362 g/mol. The van der Waals surface area contributed by atoms with Gasteiger partial charge in [0.25, 0.3) is 0 Å². The lowest BCUT2D eigenvalue weighted by Gasteiger charge is -2.46. The Labute approximate surface area is 172 Å². The van der Waals surface area contributed by atoms with Gasteiger partial charge >= 0.3 is 0 Å². The highest BCUT2D eigenvalue weighted by molar-refractivity contribution is 6.08. The number of allylic oxidation sites excluding steroid dienone is 1. The maximum Gasteiger partial charge on any atom is 0.125 e. The van der Waals surface area contributed by atoms with E-state index in [2.05, 4.69) is 43.2 Å². The van der Waals surface area contributed by atoms with E-state index >= 15 is 0 Å². The molecule has 6 nitrogen and oxygen atoms in total. The van der Waals surface area contributed by atoms with Crippen molar-refractivity contribution in [3.05, 3.63) is 47.8 Å². The van der Waals surface area contributed by atoms with Crippen molar-refractivity contribution in [1.82, 2.24) is 15.5 Å². The number of benzene rings is 1. The van der Waals surface area contributed by atoms with Crippen molar-refractivity contribution in [3.63, 3.8) is 0 Å². The minimum atomic E-state index is 0.0904. The van der Waals surface area contributed by atoms with Gasteiger partial charge in [-0.2, -0.15) is 10.2 Å². The van der Waals surface area contributed by atoms with Crippen LogP contribution in [-0.2, 0) is 6.42 Å². The summed E-state index contributed by atoms with van der Waals surface area (Å²) in [6.45, 7) is 9.02. The summed E-state index contributed by atoms with van der Waals surface area (Å²) in [4.78, 5) is 0. The van der Waals surface area contributed by atoms with Crippen molar-refractivity contribution in [2.24, 2.45) is 11.7 Å². The number of aromatic nitrogens is 2. The number of hydrogen-bond donors (Lipinski definition) is 4. The topological polar surface area (TPSA) is 108 Å². The molecule has 0 saturated carbocycles. The van der Waals surface area contributed by atoms with E-state index < -0.39 is 0 Å². The van der Waals surface area contributed by atoms with Gasteiger partial charge in [0.15, 0.2) is 0 Å². The minimum Gasteiger partial charge on any atom is -0.507 e. The van der Waals surface area contributed by atoms with Crippen LogP contribution in [0.5, 0.6) is 5.75 Å². The fourth-order valence-corrected chi connectivity index (χ4v) is 4.74. The predicted octanol–water partition coefficient (Wildman–Crippen LogP) is 3.90. The van der Waals surface area contributed by atoms with E-state index in [0.29, 0.717) is 28.3 Å². The Bertz CT molecular complexity index is 899. The Morgan fingerprint density at radius 2 is 1.86 bits per heavy atom. The highest BCUT2D eigenvalue weighted by Crippen LogP contribution is 2.35. The fraction of sp³-hybridized carbons (Fsp3) is 0.435. The zero-order valence-corrected chi connectivity index (χ0v) is 17.7. The molecular formula is C23H31N5O. The van der Waals surface area contributed by atoms with Crippen molar-refractivity contribution in [1.29, 1.82) is 5.41 Å². The summed E-state index contributed by atoms with van der Waals surface area (Å²) >= 11 is 0. The number of nitrogens with zero attached hydrogens (tertiary/aromatic N) is 2. The number of nitrogens with two attached hydrogens (primary N) is 1. The molecule has 3 rings (SSSR count). The molecule has 2 heterocycles. The summed E-state index contributed by atoms with van der Waals surface area (Å²) in [7, 11) is 0. The highest BCUT2D eigenvalue weighted by atomic mass is 16.3. The van der Waals surface area contributed by atoms with E-state index in [9.17, 15) is 5.11 Å². The first-order chi connectivity index (χ1) is 13.6. The van der Waals surface area contributed by atoms with Crippen LogP contribution in [0.3, 0.4) is 0 Å². The molecule has 0 unspecified atom stereocenters. The third-order valence-corrected chi connectivity index (χ3v) is 5.43. The molecule has 29 heavy (non-hydrogen) atoms. The van der Waals surface area contributed by atoms with E-state index in [1.807, 2.05) is 18.2 Å². The number of phenolic OH excluding ortho intramolecular Hbond substituents is 1. The molecule has 0 bridgehead atoms.